The van der Waals surface area contributed by atoms with Crippen molar-refractivity contribution >= 4 is 22.8 Å². The molecule has 1 N–H and O–H groups in total. The number of aryl methyl sites for hydroxylation is 1. The highest BCUT2D eigenvalue weighted by atomic mass is 16.3. The third-order valence-electron chi connectivity index (χ3n) is 7.71. The Bertz CT molecular complexity index is 1380. The number of nitrogens with one attached hydrogen (secondary N) is 1. The largest absolute Gasteiger partial charge is 0.449 e. The first kappa shape index (κ1) is 22.4. The first-order valence-corrected chi connectivity index (χ1v) is 12.2. The van der Waals surface area contributed by atoms with Crippen molar-refractivity contribution in [3.05, 3.63) is 71.5 Å². The number of hydrogen-bond acceptors (Lipinski definition) is 7. The minimum absolute atomic E-state index is 0.0693. The number of carbonyl (C=O) groups is 2. The van der Waals surface area contributed by atoms with Crippen LogP contribution in [-0.2, 0) is 6.54 Å². The van der Waals surface area contributed by atoms with Crippen LogP contribution in [0.1, 0.15) is 51.6 Å². The summed E-state index contributed by atoms with van der Waals surface area (Å²) in [6.45, 7) is 4.55. The molecular weight excluding hydrogens is 458 g/mol. The van der Waals surface area contributed by atoms with E-state index in [1.54, 1.807) is 23.1 Å². The molecule has 0 radical (unpaired) electrons. The number of fused-ring (bicyclic) bond motifs is 1. The van der Waals surface area contributed by atoms with Crippen LogP contribution < -0.4 is 5.32 Å². The number of pyridine rings is 1. The van der Waals surface area contributed by atoms with E-state index in [1.165, 1.54) is 0 Å². The van der Waals surface area contributed by atoms with Gasteiger partial charge in [-0.15, -0.1) is 5.10 Å². The van der Waals surface area contributed by atoms with E-state index in [-0.39, 0.29) is 17.2 Å². The van der Waals surface area contributed by atoms with E-state index in [2.05, 4.69) is 25.8 Å². The lowest BCUT2D eigenvalue weighted by atomic mass is 9.90. The van der Waals surface area contributed by atoms with Gasteiger partial charge >= 0.3 is 0 Å². The number of carbonyl (C=O) groups excluding carboxylic acids is 2. The molecule has 0 bridgehead atoms. The Balaban J connectivity index is 0.992. The summed E-state index contributed by atoms with van der Waals surface area (Å²) in [5, 5.41) is 15.4. The third-order valence-corrected chi connectivity index (χ3v) is 7.71. The van der Waals surface area contributed by atoms with Crippen LogP contribution in [0.3, 0.4) is 0 Å². The lowest BCUT2D eigenvalue weighted by Crippen LogP contribution is -2.40. The van der Waals surface area contributed by atoms with Crippen molar-refractivity contribution in [3.63, 3.8) is 0 Å². The topological polar surface area (TPSA) is 119 Å². The molecule has 1 unspecified atom stereocenters. The maximum absolute atomic E-state index is 13.1. The van der Waals surface area contributed by atoms with Crippen molar-refractivity contribution in [2.75, 3.05) is 19.6 Å². The second-order valence-corrected chi connectivity index (χ2v) is 9.87. The van der Waals surface area contributed by atoms with Gasteiger partial charge in [-0.05, 0) is 77.8 Å². The highest BCUT2D eigenvalue weighted by Crippen LogP contribution is 2.59. The van der Waals surface area contributed by atoms with Gasteiger partial charge in [0, 0.05) is 36.8 Å². The van der Waals surface area contributed by atoms with E-state index in [1.807, 2.05) is 42.2 Å². The molecule has 1 saturated heterocycles. The zero-order valence-corrected chi connectivity index (χ0v) is 20.1. The maximum atomic E-state index is 13.1. The van der Waals surface area contributed by atoms with Crippen molar-refractivity contribution in [1.82, 2.24) is 35.4 Å². The molecule has 1 atom stereocenters. The van der Waals surface area contributed by atoms with E-state index < -0.39 is 0 Å². The molecule has 6 rings (SSSR count). The first-order chi connectivity index (χ1) is 17.5. The number of rotatable bonds is 6. The van der Waals surface area contributed by atoms with Crippen LogP contribution in [0.2, 0.25) is 0 Å². The number of piperidine rings is 1. The molecule has 1 aliphatic heterocycles. The number of nitrogens with zero attached hydrogens (tertiary/aromatic N) is 6. The molecule has 1 aromatic carbocycles. The summed E-state index contributed by atoms with van der Waals surface area (Å²) in [6, 6.07) is 11.2. The Kier molecular flexibility index (Phi) is 5.50. The van der Waals surface area contributed by atoms with E-state index in [9.17, 15) is 9.59 Å². The minimum atomic E-state index is -0.195. The van der Waals surface area contributed by atoms with Gasteiger partial charge in [0.15, 0.2) is 11.3 Å². The van der Waals surface area contributed by atoms with E-state index in [0.29, 0.717) is 35.9 Å². The van der Waals surface area contributed by atoms with Gasteiger partial charge in [-0.3, -0.25) is 14.6 Å². The average molecular weight is 486 g/mol. The smallest absolute Gasteiger partial charge is 0.287 e. The molecule has 1 spiro atoms. The molecule has 10 nitrogen and oxygen atoms in total. The highest BCUT2D eigenvalue weighted by Gasteiger charge is 2.54. The molecule has 4 heterocycles. The van der Waals surface area contributed by atoms with Gasteiger partial charge in [-0.2, -0.15) is 0 Å². The SMILES string of the molecule is Cc1nnnn1Cc1ccc(C(=O)N2CCC3(CC2)CC3CNC(=O)c2cc3ccncc3o2)cc1. The fourth-order valence-corrected chi connectivity index (χ4v) is 5.29. The number of likely N-dealkylation sites (tertiary alicyclic amines) is 1. The fraction of sp³-hybridized carbons (Fsp3) is 0.385. The Morgan fingerprint density at radius 3 is 2.69 bits per heavy atom. The number of amides is 2. The predicted molar refractivity (Wildman–Crippen MR) is 130 cm³/mol. The molecule has 3 aromatic heterocycles. The molecular formula is C26H27N7O3. The molecule has 1 saturated carbocycles. The summed E-state index contributed by atoms with van der Waals surface area (Å²) >= 11 is 0. The molecule has 2 aliphatic rings. The van der Waals surface area contributed by atoms with Gasteiger partial charge in [0.05, 0.1) is 12.7 Å². The quantitative estimate of drug-likeness (QED) is 0.446. The standard InChI is InChI=1S/C26H27N7O3/c1-17-29-30-31-33(17)16-18-2-4-19(5-3-18)25(35)32-10-7-26(8-11-32)13-21(26)14-28-24(34)22-12-20-6-9-27-15-23(20)36-22/h2-6,9,12,15,21H,7-8,10-11,13-14,16H2,1H3,(H,28,34). The number of benzene rings is 1. The summed E-state index contributed by atoms with van der Waals surface area (Å²) in [6.07, 6.45) is 6.31. The van der Waals surface area contributed by atoms with Crippen LogP contribution in [0.4, 0.5) is 0 Å². The zero-order valence-electron chi connectivity index (χ0n) is 20.1. The first-order valence-electron chi connectivity index (χ1n) is 12.2. The van der Waals surface area contributed by atoms with Gasteiger partial charge in [-0.25, -0.2) is 4.68 Å². The molecule has 1 aliphatic carbocycles. The van der Waals surface area contributed by atoms with Crippen LogP contribution >= 0.6 is 0 Å². The second-order valence-electron chi connectivity index (χ2n) is 9.87. The van der Waals surface area contributed by atoms with Crippen LogP contribution in [0.15, 0.2) is 53.2 Å². The van der Waals surface area contributed by atoms with Gasteiger partial charge in [0.1, 0.15) is 5.82 Å². The third kappa shape index (κ3) is 4.23. The summed E-state index contributed by atoms with van der Waals surface area (Å²) in [5.74, 6) is 1.38. The van der Waals surface area contributed by atoms with Crippen molar-refractivity contribution in [2.24, 2.45) is 11.3 Å². The summed E-state index contributed by atoms with van der Waals surface area (Å²) < 4.78 is 7.34. The Morgan fingerprint density at radius 1 is 1.17 bits per heavy atom. The van der Waals surface area contributed by atoms with Gasteiger partial charge in [-0.1, -0.05) is 12.1 Å². The molecule has 2 fully saturated rings. The van der Waals surface area contributed by atoms with Crippen molar-refractivity contribution in [3.8, 4) is 0 Å². The Morgan fingerprint density at radius 2 is 1.97 bits per heavy atom. The van der Waals surface area contributed by atoms with Crippen LogP contribution in [0, 0.1) is 18.3 Å². The van der Waals surface area contributed by atoms with Crippen molar-refractivity contribution in [1.29, 1.82) is 0 Å². The number of aromatic nitrogens is 5. The van der Waals surface area contributed by atoms with E-state index >= 15 is 0 Å². The molecule has 36 heavy (non-hydrogen) atoms. The lowest BCUT2D eigenvalue weighted by Gasteiger charge is -2.33. The van der Waals surface area contributed by atoms with Crippen molar-refractivity contribution in [2.45, 2.75) is 32.7 Å². The average Bonchev–Trinajstić information content (AvgIpc) is 3.19. The summed E-state index contributed by atoms with van der Waals surface area (Å²) in [7, 11) is 0. The molecule has 184 valence electrons. The Labute approximate surface area is 207 Å². The number of furan rings is 1. The predicted octanol–water partition coefficient (Wildman–Crippen LogP) is 2.84. The number of hydrogen-bond donors (Lipinski definition) is 1. The van der Waals surface area contributed by atoms with Gasteiger partial charge < -0.3 is 14.6 Å². The highest BCUT2D eigenvalue weighted by molar-refractivity contribution is 5.96. The van der Waals surface area contributed by atoms with Crippen LogP contribution in [0.5, 0.6) is 0 Å². The molecule has 10 heteroatoms. The maximum Gasteiger partial charge on any atom is 0.287 e. The minimum Gasteiger partial charge on any atom is -0.449 e. The van der Waals surface area contributed by atoms with E-state index in [4.69, 9.17) is 4.42 Å². The molecule has 4 aromatic rings. The normalized spacial score (nSPS) is 18.5. The second kappa shape index (κ2) is 8.85. The Hall–Kier alpha value is -4.08. The monoisotopic (exact) mass is 485 g/mol. The van der Waals surface area contributed by atoms with Gasteiger partial charge in [0.2, 0.25) is 0 Å². The van der Waals surface area contributed by atoms with Gasteiger partial charge in [0.25, 0.3) is 11.8 Å². The van der Waals surface area contributed by atoms with E-state index in [0.717, 1.165) is 49.1 Å². The van der Waals surface area contributed by atoms with Crippen molar-refractivity contribution < 1.29 is 14.0 Å². The number of tetrazole rings is 1. The summed E-state index contributed by atoms with van der Waals surface area (Å²) in [4.78, 5) is 31.6. The summed E-state index contributed by atoms with van der Waals surface area (Å²) in [5.41, 5.74) is 2.58. The zero-order chi connectivity index (χ0) is 24.7. The molecule has 2 amide bonds. The fourth-order valence-electron chi connectivity index (χ4n) is 5.29. The lowest BCUT2D eigenvalue weighted by molar-refractivity contribution is 0.0668. The van der Waals surface area contributed by atoms with Crippen LogP contribution in [0.25, 0.3) is 11.0 Å². The van der Waals surface area contributed by atoms with Crippen LogP contribution in [-0.4, -0.2) is 61.5 Å².